The van der Waals surface area contributed by atoms with Crippen LogP contribution in [0.5, 0.6) is 0 Å². The second-order valence-electron chi connectivity index (χ2n) is 5.71. The molecule has 1 saturated heterocycles. The topological polar surface area (TPSA) is 46.3 Å². The highest BCUT2D eigenvalue weighted by molar-refractivity contribution is 5.94. The summed E-state index contributed by atoms with van der Waals surface area (Å²) in [7, 11) is 0. The molecule has 20 heavy (non-hydrogen) atoms. The first kappa shape index (κ1) is 17.0. The first-order valence-electron chi connectivity index (χ1n) is 7.23. The van der Waals surface area contributed by atoms with Gasteiger partial charge in [-0.25, -0.2) is 0 Å². The molecule has 0 aliphatic carbocycles. The highest BCUT2D eigenvalue weighted by Gasteiger charge is 2.29. The van der Waals surface area contributed by atoms with Crippen LogP contribution in [0.15, 0.2) is 24.3 Å². The number of piperidine rings is 1. The Labute approximate surface area is 127 Å². The molecule has 2 rings (SSSR count). The average Bonchev–Trinajstić information content (AvgIpc) is 2.46. The van der Waals surface area contributed by atoms with Gasteiger partial charge in [0.2, 0.25) is 0 Å². The zero-order valence-corrected chi connectivity index (χ0v) is 13.2. The van der Waals surface area contributed by atoms with Crippen molar-refractivity contribution < 1.29 is 4.79 Å². The fourth-order valence-electron chi connectivity index (χ4n) is 2.85. The van der Waals surface area contributed by atoms with Crippen LogP contribution in [0.25, 0.3) is 0 Å². The van der Waals surface area contributed by atoms with Crippen molar-refractivity contribution in [1.82, 2.24) is 4.90 Å². The van der Waals surface area contributed by atoms with Crippen LogP contribution in [-0.4, -0.2) is 23.4 Å². The lowest BCUT2D eigenvalue weighted by atomic mass is 9.92. The molecule has 1 aromatic carbocycles. The first-order valence-corrected chi connectivity index (χ1v) is 7.23. The molecule has 1 aromatic rings. The second kappa shape index (κ2) is 7.65. The smallest absolute Gasteiger partial charge is 0.254 e. The first-order chi connectivity index (χ1) is 9.13. The van der Waals surface area contributed by atoms with Gasteiger partial charge in [0, 0.05) is 24.7 Å². The number of carbonyl (C=O) groups is 1. The molecule has 1 atom stereocenters. The van der Waals surface area contributed by atoms with Gasteiger partial charge in [-0.3, -0.25) is 4.79 Å². The van der Waals surface area contributed by atoms with E-state index < -0.39 is 0 Å². The Bertz CT molecular complexity index is 431. The summed E-state index contributed by atoms with van der Waals surface area (Å²) >= 11 is 0. The number of halogens is 1. The van der Waals surface area contributed by atoms with Gasteiger partial charge in [-0.15, -0.1) is 12.4 Å². The minimum absolute atomic E-state index is 0. The number of nitrogens with two attached hydrogens (primary N) is 1. The Hall–Kier alpha value is -1.06. The molecule has 0 spiro atoms. The van der Waals surface area contributed by atoms with Crippen LogP contribution in [-0.2, 0) is 6.54 Å². The van der Waals surface area contributed by atoms with Crippen molar-refractivity contribution in [3.63, 3.8) is 0 Å². The Morgan fingerprint density at radius 1 is 1.30 bits per heavy atom. The fourth-order valence-corrected chi connectivity index (χ4v) is 2.85. The molecule has 0 bridgehead atoms. The van der Waals surface area contributed by atoms with Gasteiger partial charge in [-0.05, 0) is 42.9 Å². The number of nitrogens with zero attached hydrogens (tertiary/aromatic N) is 1. The van der Waals surface area contributed by atoms with E-state index in [2.05, 4.69) is 18.7 Å². The van der Waals surface area contributed by atoms with Crippen LogP contribution in [0.4, 0.5) is 0 Å². The largest absolute Gasteiger partial charge is 0.335 e. The lowest BCUT2D eigenvalue weighted by Crippen LogP contribution is -2.46. The predicted octanol–water partition coefficient (Wildman–Crippen LogP) is 3.22. The summed E-state index contributed by atoms with van der Waals surface area (Å²) in [5.74, 6) is 0.689. The summed E-state index contributed by atoms with van der Waals surface area (Å²) in [6, 6.07) is 8.08. The van der Waals surface area contributed by atoms with Crippen LogP contribution in [0.3, 0.4) is 0 Å². The summed E-state index contributed by atoms with van der Waals surface area (Å²) in [5, 5.41) is 0. The quantitative estimate of drug-likeness (QED) is 0.931. The minimum atomic E-state index is 0. The van der Waals surface area contributed by atoms with Crippen molar-refractivity contribution in [2.24, 2.45) is 11.7 Å². The average molecular weight is 297 g/mol. The van der Waals surface area contributed by atoms with E-state index in [9.17, 15) is 4.79 Å². The number of rotatable bonds is 3. The molecule has 1 unspecified atom stereocenters. The highest BCUT2D eigenvalue weighted by Crippen LogP contribution is 2.25. The van der Waals surface area contributed by atoms with Gasteiger partial charge in [0.25, 0.3) is 5.91 Å². The molecule has 0 saturated carbocycles. The van der Waals surface area contributed by atoms with Crippen LogP contribution in [0.2, 0.25) is 0 Å². The van der Waals surface area contributed by atoms with Gasteiger partial charge in [0.15, 0.2) is 0 Å². The van der Waals surface area contributed by atoms with Gasteiger partial charge in [-0.1, -0.05) is 26.0 Å². The summed E-state index contributed by atoms with van der Waals surface area (Å²) in [6.07, 6.45) is 3.48. The van der Waals surface area contributed by atoms with Crippen molar-refractivity contribution in [2.45, 2.75) is 45.7 Å². The third kappa shape index (κ3) is 3.74. The highest BCUT2D eigenvalue weighted by atomic mass is 35.5. The molecule has 3 nitrogen and oxygen atoms in total. The van der Waals surface area contributed by atoms with E-state index >= 15 is 0 Å². The normalized spacial score (nSPS) is 18.8. The van der Waals surface area contributed by atoms with Gasteiger partial charge >= 0.3 is 0 Å². The summed E-state index contributed by atoms with van der Waals surface area (Å²) in [6.45, 7) is 5.81. The number of amides is 1. The molecular weight excluding hydrogens is 272 g/mol. The summed E-state index contributed by atoms with van der Waals surface area (Å²) < 4.78 is 0. The molecule has 1 heterocycles. The van der Waals surface area contributed by atoms with Crippen molar-refractivity contribution >= 4 is 18.3 Å². The molecule has 0 radical (unpaired) electrons. The molecule has 4 heteroatoms. The monoisotopic (exact) mass is 296 g/mol. The number of benzene rings is 1. The fraction of sp³-hybridized carbons (Fsp3) is 0.562. The molecule has 2 N–H and O–H groups in total. The molecule has 1 fully saturated rings. The third-order valence-electron chi connectivity index (χ3n) is 4.02. The minimum Gasteiger partial charge on any atom is -0.335 e. The van der Waals surface area contributed by atoms with Gasteiger partial charge in [0.05, 0.1) is 0 Å². The van der Waals surface area contributed by atoms with Crippen LogP contribution < -0.4 is 5.73 Å². The van der Waals surface area contributed by atoms with Crippen molar-refractivity contribution in [1.29, 1.82) is 0 Å². The Morgan fingerprint density at radius 2 is 1.95 bits per heavy atom. The van der Waals surface area contributed by atoms with Gasteiger partial charge in [0.1, 0.15) is 0 Å². The zero-order chi connectivity index (χ0) is 13.8. The number of likely N-dealkylation sites (tertiary alicyclic amines) is 1. The number of hydrogen-bond acceptors (Lipinski definition) is 2. The Balaban J connectivity index is 0.00000200. The summed E-state index contributed by atoms with van der Waals surface area (Å²) in [5.41, 5.74) is 7.43. The van der Waals surface area contributed by atoms with E-state index in [1.54, 1.807) is 0 Å². The zero-order valence-electron chi connectivity index (χ0n) is 12.3. The van der Waals surface area contributed by atoms with Crippen molar-refractivity contribution in [3.8, 4) is 0 Å². The summed E-state index contributed by atoms with van der Waals surface area (Å²) in [4.78, 5) is 14.7. The van der Waals surface area contributed by atoms with Gasteiger partial charge < -0.3 is 10.6 Å². The standard InChI is InChI=1S/C16H24N2O.ClH/c1-12(2)15-5-3-4-10-18(15)16(19)14-8-6-13(11-17)7-9-14;/h6-9,12,15H,3-5,10-11,17H2,1-2H3;1H. The van der Waals surface area contributed by atoms with E-state index in [-0.39, 0.29) is 18.3 Å². The van der Waals surface area contributed by atoms with E-state index in [4.69, 9.17) is 5.73 Å². The predicted molar refractivity (Wildman–Crippen MR) is 85.1 cm³/mol. The van der Waals surface area contributed by atoms with Crippen LogP contribution in [0.1, 0.15) is 49.0 Å². The maximum absolute atomic E-state index is 12.6. The van der Waals surface area contributed by atoms with E-state index in [0.29, 0.717) is 18.5 Å². The van der Waals surface area contributed by atoms with E-state index in [1.165, 1.54) is 6.42 Å². The molecule has 112 valence electrons. The third-order valence-corrected chi connectivity index (χ3v) is 4.02. The lowest BCUT2D eigenvalue weighted by Gasteiger charge is -2.38. The molecule has 1 aliphatic rings. The SMILES string of the molecule is CC(C)C1CCCCN1C(=O)c1ccc(CN)cc1.Cl. The number of carbonyl (C=O) groups excluding carboxylic acids is 1. The Kier molecular flexibility index (Phi) is 6.50. The van der Waals surface area contributed by atoms with Gasteiger partial charge in [-0.2, -0.15) is 0 Å². The Morgan fingerprint density at radius 3 is 2.50 bits per heavy atom. The van der Waals surface area contributed by atoms with Crippen LogP contribution >= 0.6 is 12.4 Å². The molecule has 0 aromatic heterocycles. The van der Waals surface area contributed by atoms with Crippen LogP contribution in [0, 0.1) is 5.92 Å². The van der Waals surface area contributed by atoms with Crippen molar-refractivity contribution in [3.05, 3.63) is 35.4 Å². The van der Waals surface area contributed by atoms with E-state index in [0.717, 1.165) is 30.5 Å². The maximum atomic E-state index is 12.6. The van der Waals surface area contributed by atoms with E-state index in [1.807, 2.05) is 24.3 Å². The maximum Gasteiger partial charge on any atom is 0.254 e. The number of hydrogen-bond donors (Lipinski definition) is 1. The molecule has 1 amide bonds. The molecular formula is C16H25ClN2O. The lowest BCUT2D eigenvalue weighted by molar-refractivity contribution is 0.0543. The molecule has 1 aliphatic heterocycles. The second-order valence-corrected chi connectivity index (χ2v) is 5.71. The van der Waals surface area contributed by atoms with Crippen molar-refractivity contribution in [2.75, 3.05) is 6.54 Å².